The average molecular weight is 263 g/mol. The van der Waals surface area contributed by atoms with E-state index in [4.69, 9.17) is 4.74 Å². The van der Waals surface area contributed by atoms with E-state index < -0.39 is 0 Å². The van der Waals surface area contributed by atoms with Crippen molar-refractivity contribution in [3.05, 3.63) is 23.8 Å². The van der Waals surface area contributed by atoms with Crippen molar-refractivity contribution in [1.82, 2.24) is 4.90 Å². The Bertz CT molecular complexity index is 398. The third kappa shape index (κ3) is 3.63. The molecular weight excluding hydrogens is 238 g/mol. The maximum Gasteiger partial charge on any atom is 0.124 e. The van der Waals surface area contributed by atoms with Gasteiger partial charge in [0.05, 0.1) is 7.11 Å². The molecule has 3 heteroatoms. The van der Waals surface area contributed by atoms with Crippen LogP contribution >= 0.6 is 0 Å². The molecule has 1 aromatic carbocycles. The lowest BCUT2D eigenvalue weighted by molar-refractivity contribution is 0.189. The average Bonchev–Trinajstić information content (AvgIpc) is 2.37. The molecule has 0 aliphatic carbocycles. The molecule has 1 aromatic rings. The van der Waals surface area contributed by atoms with Gasteiger partial charge >= 0.3 is 0 Å². The van der Waals surface area contributed by atoms with Crippen LogP contribution in [0.5, 0.6) is 11.5 Å². The minimum atomic E-state index is 0.268. The van der Waals surface area contributed by atoms with Crippen molar-refractivity contribution < 1.29 is 9.84 Å². The van der Waals surface area contributed by atoms with Gasteiger partial charge in [-0.3, -0.25) is 4.90 Å². The zero-order valence-corrected chi connectivity index (χ0v) is 12.1. The van der Waals surface area contributed by atoms with E-state index in [2.05, 4.69) is 11.8 Å². The van der Waals surface area contributed by atoms with E-state index in [0.29, 0.717) is 11.5 Å². The van der Waals surface area contributed by atoms with Crippen LogP contribution in [0.2, 0.25) is 0 Å². The van der Waals surface area contributed by atoms with Gasteiger partial charge in [0.15, 0.2) is 0 Å². The summed E-state index contributed by atoms with van der Waals surface area (Å²) < 4.78 is 5.14. The molecule has 1 heterocycles. The third-order valence-corrected chi connectivity index (χ3v) is 4.13. The molecule has 1 unspecified atom stereocenters. The second-order valence-corrected chi connectivity index (χ2v) is 5.40. The van der Waals surface area contributed by atoms with Crippen LogP contribution in [0.4, 0.5) is 0 Å². The van der Waals surface area contributed by atoms with Crippen LogP contribution in [0.15, 0.2) is 18.2 Å². The van der Waals surface area contributed by atoms with Crippen molar-refractivity contribution in [1.29, 1.82) is 0 Å². The molecule has 3 nitrogen and oxygen atoms in total. The van der Waals surface area contributed by atoms with E-state index >= 15 is 0 Å². The SMILES string of the molecule is COc1ccc(C(C)N2CCCCCCC2)c(O)c1. The van der Waals surface area contributed by atoms with Crippen molar-refractivity contribution in [3.63, 3.8) is 0 Å². The number of phenols is 1. The molecule has 0 bridgehead atoms. The Kier molecular flexibility index (Phi) is 5.08. The topological polar surface area (TPSA) is 32.7 Å². The van der Waals surface area contributed by atoms with Crippen molar-refractivity contribution in [3.8, 4) is 11.5 Å². The number of benzene rings is 1. The van der Waals surface area contributed by atoms with Gasteiger partial charge in [-0.1, -0.05) is 25.3 Å². The summed E-state index contributed by atoms with van der Waals surface area (Å²) >= 11 is 0. The first-order valence-corrected chi connectivity index (χ1v) is 7.33. The summed E-state index contributed by atoms with van der Waals surface area (Å²) in [6.45, 7) is 4.45. The maximum atomic E-state index is 10.1. The first-order chi connectivity index (χ1) is 9.22. The molecule has 0 amide bonds. The number of hydrogen-bond donors (Lipinski definition) is 1. The molecule has 1 aliphatic heterocycles. The Morgan fingerprint density at radius 1 is 1.11 bits per heavy atom. The largest absolute Gasteiger partial charge is 0.507 e. The van der Waals surface area contributed by atoms with Gasteiger partial charge in [0, 0.05) is 17.7 Å². The molecule has 1 aliphatic rings. The summed E-state index contributed by atoms with van der Waals surface area (Å²) in [5, 5.41) is 10.1. The summed E-state index contributed by atoms with van der Waals surface area (Å²) in [4.78, 5) is 2.49. The first-order valence-electron chi connectivity index (χ1n) is 7.33. The van der Waals surface area contributed by atoms with Crippen LogP contribution in [0.3, 0.4) is 0 Å². The molecule has 19 heavy (non-hydrogen) atoms. The smallest absolute Gasteiger partial charge is 0.124 e. The Labute approximate surface area is 116 Å². The summed E-state index contributed by atoms with van der Waals surface area (Å²) in [5.74, 6) is 1.05. The van der Waals surface area contributed by atoms with Crippen LogP contribution in [0.25, 0.3) is 0 Å². The number of ether oxygens (including phenoxy) is 1. The zero-order valence-electron chi connectivity index (χ0n) is 12.1. The van der Waals surface area contributed by atoms with Crippen LogP contribution in [-0.2, 0) is 0 Å². The highest BCUT2D eigenvalue weighted by Crippen LogP contribution is 2.32. The van der Waals surface area contributed by atoms with Gasteiger partial charge in [0.25, 0.3) is 0 Å². The summed E-state index contributed by atoms with van der Waals surface area (Å²) in [5.41, 5.74) is 1.00. The second kappa shape index (κ2) is 6.80. The number of rotatable bonds is 3. The van der Waals surface area contributed by atoms with Gasteiger partial charge in [-0.2, -0.15) is 0 Å². The van der Waals surface area contributed by atoms with Crippen molar-refractivity contribution in [2.24, 2.45) is 0 Å². The summed E-state index contributed by atoms with van der Waals surface area (Å²) in [6, 6.07) is 5.88. The fourth-order valence-electron chi connectivity index (χ4n) is 2.86. The molecule has 0 saturated carbocycles. The number of nitrogens with zero attached hydrogens (tertiary/aromatic N) is 1. The first kappa shape index (κ1) is 14.2. The molecular formula is C16H25NO2. The van der Waals surface area contributed by atoms with Crippen LogP contribution in [0.1, 0.15) is 50.6 Å². The highest BCUT2D eigenvalue weighted by Gasteiger charge is 2.19. The molecule has 0 aromatic heterocycles. The van der Waals surface area contributed by atoms with Crippen molar-refractivity contribution >= 4 is 0 Å². The minimum absolute atomic E-state index is 0.268. The summed E-state index contributed by atoms with van der Waals surface area (Å²) in [7, 11) is 1.62. The van der Waals surface area contributed by atoms with E-state index in [1.807, 2.05) is 12.1 Å². The zero-order chi connectivity index (χ0) is 13.7. The number of phenolic OH excluding ortho intramolecular Hbond substituents is 1. The molecule has 1 N–H and O–H groups in total. The number of hydrogen-bond acceptors (Lipinski definition) is 3. The van der Waals surface area contributed by atoms with Gasteiger partial charge in [-0.15, -0.1) is 0 Å². The molecule has 106 valence electrons. The number of methoxy groups -OCH3 is 1. The summed E-state index contributed by atoms with van der Waals surface area (Å²) in [6.07, 6.45) is 6.56. The monoisotopic (exact) mass is 263 g/mol. The highest BCUT2D eigenvalue weighted by molar-refractivity contribution is 5.41. The van der Waals surface area contributed by atoms with E-state index in [1.165, 1.54) is 32.1 Å². The standard InChI is InChI=1S/C16H25NO2/c1-13(17-10-6-4-3-5-7-11-17)15-9-8-14(19-2)12-16(15)18/h8-9,12-13,18H,3-7,10-11H2,1-2H3. The molecule has 0 spiro atoms. The second-order valence-electron chi connectivity index (χ2n) is 5.40. The fourth-order valence-corrected chi connectivity index (χ4v) is 2.86. The predicted octanol–water partition coefficient (Wildman–Crippen LogP) is 3.73. The highest BCUT2D eigenvalue weighted by atomic mass is 16.5. The van der Waals surface area contributed by atoms with Gasteiger partial charge in [-0.05, 0) is 38.9 Å². The Morgan fingerprint density at radius 3 is 2.32 bits per heavy atom. The Balaban J connectivity index is 2.10. The molecule has 2 rings (SSSR count). The van der Waals surface area contributed by atoms with E-state index in [0.717, 1.165) is 18.7 Å². The normalized spacial score (nSPS) is 19.5. The molecule has 0 radical (unpaired) electrons. The third-order valence-electron chi connectivity index (χ3n) is 4.13. The molecule has 1 saturated heterocycles. The molecule has 1 fully saturated rings. The van der Waals surface area contributed by atoms with E-state index in [-0.39, 0.29) is 6.04 Å². The van der Waals surface area contributed by atoms with E-state index in [9.17, 15) is 5.11 Å². The lowest BCUT2D eigenvalue weighted by Crippen LogP contribution is -2.30. The van der Waals surface area contributed by atoms with Gasteiger partial charge in [0.2, 0.25) is 0 Å². The maximum absolute atomic E-state index is 10.1. The van der Waals surface area contributed by atoms with Crippen LogP contribution in [-0.4, -0.2) is 30.2 Å². The fraction of sp³-hybridized carbons (Fsp3) is 0.625. The predicted molar refractivity (Wildman–Crippen MR) is 77.7 cm³/mol. The Morgan fingerprint density at radius 2 is 1.74 bits per heavy atom. The number of likely N-dealkylation sites (tertiary alicyclic amines) is 1. The Hall–Kier alpha value is -1.22. The van der Waals surface area contributed by atoms with Crippen LogP contribution in [0, 0.1) is 0 Å². The van der Waals surface area contributed by atoms with Crippen molar-refractivity contribution in [2.75, 3.05) is 20.2 Å². The molecule has 1 atom stereocenters. The van der Waals surface area contributed by atoms with E-state index in [1.54, 1.807) is 13.2 Å². The van der Waals surface area contributed by atoms with Gasteiger partial charge in [-0.25, -0.2) is 0 Å². The lowest BCUT2D eigenvalue weighted by atomic mass is 10.0. The minimum Gasteiger partial charge on any atom is -0.507 e. The van der Waals surface area contributed by atoms with Gasteiger partial charge in [0.1, 0.15) is 11.5 Å². The lowest BCUT2D eigenvalue weighted by Gasteiger charge is -2.31. The quantitative estimate of drug-likeness (QED) is 0.902. The van der Waals surface area contributed by atoms with Crippen LogP contribution < -0.4 is 4.74 Å². The number of aromatic hydroxyl groups is 1. The van der Waals surface area contributed by atoms with Gasteiger partial charge < -0.3 is 9.84 Å². The van der Waals surface area contributed by atoms with Crippen molar-refractivity contribution in [2.45, 2.75) is 45.1 Å².